The van der Waals surface area contributed by atoms with Gasteiger partial charge in [0.05, 0.1) is 11.5 Å². The zero-order valence-corrected chi connectivity index (χ0v) is 21.2. The molecule has 0 radical (unpaired) electrons. The summed E-state index contributed by atoms with van der Waals surface area (Å²) in [6.07, 6.45) is 4.27. The molecule has 1 aliphatic heterocycles. The Hall–Kier alpha value is -4.30. The topological polar surface area (TPSA) is 118 Å². The molecule has 38 heavy (non-hydrogen) atoms. The molecule has 1 aliphatic carbocycles. The van der Waals surface area contributed by atoms with Gasteiger partial charge in [-0.15, -0.1) is 0 Å². The summed E-state index contributed by atoms with van der Waals surface area (Å²) in [4.78, 5) is 62.9. The Labute approximate surface area is 223 Å². The molecule has 2 aromatic rings. The molecule has 9 heteroatoms. The number of ether oxygens (including phenoxy) is 1. The van der Waals surface area contributed by atoms with E-state index in [-0.39, 0.29) is 48.5 Å². The highest BCUT2D eigenvalue weighted by Gasteiger charge is 2.38. The molecule has 2 aromatic carbocycles. The molecular weight excluding hydrogens is 510 g/mol. The molecule has 194 valence electrons. The predicted molar refractivity (Wildman–Crippen MR) is 139 cm³/mol. The Bertz CT molecular complexity index is 1400. The van der Waals surface area contributed by atoms with Crippen LogP contribution in [-0.2, 0) is 23.9 Å². The van der Waals surface area contributed by atoms with Gasteiger partial charge in [-0.3, -0.25) is 28.9 Å². The van der Waals surface area contributed by atoms with Crippen LogP contribution in [0.1, 0.15) is 36.5 Å². The van der Waals surface area contributed by atoms with Gasteiger partial charge >= 0.3 is 11.9 Å². The van der Waals surface area contributed by atoms with Crippen molar-refractivity contribution in [2.75, 3.05) is 6.54 Å². The molecule has 0 fully saturated rings. The third kappa shape index (κ3) is 5.98. The molecule has 8 nitrogen and oxygen atoms in total. The van der Waals surface area contributed by atoms with Crippen LogP contribution in [0.3, 0.4) is 0 Å². The van der Waals surface area contributed by atoms with E-state index in [1.807, 2.05) is 12.1 Å². The van der Waals surface area contributed by atoms with Crippen LogP contribution in [0.15, 0.2) is 83.7 Å². The zero-order chi connectivity index (χ0) is 27.4. The number of esters is 1. The van der Waals surface area contributed by atoms with Crippen LogP contribution in [0.2, 0.25) is 5.02 Å². The molecule has 0 aromatic heterocycles. The van der Waals surface area contributed by atoms with E-state index in [1.54, 1.807) is 42.5 Å². The number of halogens is 1. The number of hydrogen-bond donors (Lipinski definition) is 1. The molecule has 0 saturated heterocycles. The standard InChI is InChI=1S/C29H24ClNO7/c1-17(32)38-23-3-2-4-24-25(16-23)28(35)31(27(24)34)14-13-21(29(36)37)15-26(33)20-7-5-18(6-8-20)19-9-11-22(30)12-10-19/h2-3,5-12,16,21H,4,13-15H2,1H3,(H,36,37). The zero-order valence-electron chi connectivity index (χ0n) is 20.5. The van der Waals surface area contributed by atoms with Crippen LogP contribution >= 0.6 is 11.6 Å². The number of hydrogen-bond acceptors (Lipinski definition) is 6. The Balaban J connectivity index is 1.40. The Morgan fingerprint density at radius 2 is 1.63 bits per heavy atom. The molecule has 0 spiro atoms. The Morgan fingerprint density at radius 3 is 2.24 bits per heavy atom. The van der Waals surface area contributed by atoms with Crippen molar-refractivity contribution in [2.24, 2.45) is 5.92 Å². The van der Waals surface area contributed by atoms with E-state index in [1.165, 1.54) is 19.1 Å². The van der Waals surface area contributed by atoms with E-state index in [0.29, 0.717) is 10.6 Å². The molecule has 2 amide bonds. The lowest BCUT2D eigenvalue weighted by Crippen LogP contribution is -2.35. The summed E-state index contributed by atoms with van der Waals surface area (Å²) < 4.78 is 5.05. The minimum atomic E-state index is -1.19. The highest BCUT2D eigenvalue weighted by Crippen LogP contribution is 2.30. The maximum atomic E-state index is 12.9. The van der Waals surface area contributed by atoms with Crippen LogP contribution in [-0.4, -0.2) is 46.1 Å². The monoisotopic (exact) mass is 533 g/mol. The smallest absolute Gasteiger partial charge is 0.308 e. The van der Waals surface area contributed by atoms with Gasteiger partial charge < -0.3 is 9.84 Å². The second-order valence-electron chi connectivity index (χ2n) is 8.94. The van der Waals surface area contributed by atoms with Gasteiger partial charge in [-0.05, 0) is 48.3 Å². The van der Waals surface area contributed by atoms with Crippen molar-refractivity contribution < 1.29 is 33.8 Å². The first-order chi connectivity index (χ1) is 18.1. The summed E-state index contributed by atoms with van der Waals surface area (Å²) in [7, 11) is 0. The molecule has 0 saturated carbocycles. The van der Waals surface area contributed by atoms with Gasteiger partial charge in [-0.2, -0.15) is 0 Å². The molecule has 0 bridgehead atoms. The molecule has 1 unspecified atom stereocenters. The fourth-order valence-corrected chi connectivity index (χ4v) is 4.46. The summed E-state index contributed by atoms with van der Waals surface area (Å²) in [5.41, 5.74) is 2.53. The minimum Gasteiger partial charge on any atom is -0.481 e. The van der Waals surface area contributed by atoms with Crippen molar-refractivity contribution in [2.45, 2.75) is 26.2 Å². The SMILES string of the molecule is CC(=O)OC1=CC2=C(CC=C1)C(=O)N(CCC(CC(=O)c1ccc(-c3ccc(Cl)cc3)cc1)C(=O)O)C2=O. The first-order valence-electron chi connectivity index (χ1n) is 11.9. The number of amides is 2. The number of benzene rings is 2. The van der Waals surface area contributed by atoms with Gasteiger partial charge in [0, 0.05) is 36.0 Å². The van der Waals surface area contributed by atoms with Crippen molar-refractivity contribution in [3.63, 3.8) is 0 Å². The largest absolute Gasteiger partial charge is 0.481 e. The van der Waals surface area contributed by atoms with Crippen molar-refractivity contribution in [1.82, 2.24) is 4.90 Å². The third-order valence-electron chi connectivity index (χ3n) is 6.32. The summed E-state index contributed by atoms with van der Waals surface area (Å²) in [5, 5.41) is 10.3. The van der Waals surface area contributed by atoms with E-state index < -0.39 is 29.7 Å². The summed E-state index contributed by atoms with van der Waals surface area (Å²) >= 11 is 5.93. The number of nitrogens with zero attached hydrogens (tertiary/aromatic N) is 1. The number of carbonyl (C=O) groups excluding carboxylic acids is 4. The highest BCUT2D eigenvalue weighted by atomic mass is 35.5. The van der Waals surface area contributed by atoms with Gasteiger partial charge in [-0.1, -0.05) is 54.1 Å². The van der Waals surface area contributed by atoms with Crippen LogP contribution in [0.4, 0.5) is 0 Å². The summed E-state index contributed by atoms with van der Waals surface area (Å²) in [5.74, 6) is -4.17. The first-order valence-corrected chi connectivity index (χ1v) is 12.3. The van der Waals surface area contributed by atoms with Gasteiger partial charge in [0.15, 0.2) is 5.78 Å². The maximum absolute atomic E-state index is 12.9. The number of carboxylic acids is 1. The number of Topliss-reactive ketones (excluding diaryl/α,β-unsaturated/α-hetero) is 1. The van der Waals surface area contributed by atoms with Crippen LogP contribution < -0.4 is 0 Å². The summed E-state index contributed by atoms with van der Waals surface area (Å²) in [6, 6.07) is 14.1. The van der Waals surface area contributed by atoms with Crippen LogP contribution in [0.25, 0.3) is 11.1 Å². The maximum Gasteiger partial charge on any atom is 0.308 e. The highest BCUT2D eigenvalue weighted by molar-refractivity contribution is 6.30. The van der Waals surface area contributed by atoms with Gasteiger partial charge in [-0.25, -0.2) is 0 Å². The Kier molecular flexibility index (Phi) is 8.02. The Morgan fingerprint density at radius 1 is 1.00 bits per heavy atom. The molecule has 1 N–H and O–H groups in total. The average Bonchev–Trinajstić information content (AvgIpc) is 3.01. The van der Waals surface area contributed by atoms with Crippen molar-refractivity contribution in [3.05, 3.63) is 94.3 Å². The number of imide groups is 1. The van der Waals surface area contributed by atoms with Crippen molar-refractivity contribution >= 4 is 41.1 Å². The number of carboxylic acid groups (broad SMARTS) is 1. The van der Waals surface area contributed by atoms with E-state index in [4.69, 9.17) is 16.3 Å². The van der Waals surface area contributed by atoms with E-state index >= 15 is 0 Å². The average molecular weight is 534 g/mol. The molecular formula is C29H24ClNO7. The quantitative estimate of drug-likeness (QED) is 0.281. The number of rotatable bonds is 9. The van der Waals surface area contributed by atoms with E-state index in [2.05, 4.69) is 0 Å². The van der Waals surface area contributed by atoms with E-state index in [0.717, 1.165) is 16.0 Å². The second kappa shape index (κ2) is 11.4. The summed E-state index contributed by atoms with van der Waals surface area (Å²) in [6.45, 7) is 1.06. The first kappa shape index (κ1) is 26.8. The van der Waals surface area contributed by atoms with E-state index in [9.17, 15) is 29.1 Å². The normalized spacial score (nSPS) is 15.6. The fourth-order valence-electron chi connectivity index (χ4n) is 4.34. The number of ketones is 1. The molecule has 4 rings (SSSR count). The van der Waals surface area contributed by atoms with Crippen LogP contribution in [0, 0.1) is 5.92 Å². The number of allylic oxidation sites excluding steroid dienone is 2. The lowest BCUT2D eigenvalue weighted by molar-refractivity contribution is -0.144. The van der Waals surface area contributed by atoms with Crippen molar-refractivity contribution in [3.8, 4) is 11.1 Å². The minimum absolute atomic E-state index is 0.0850. The lowest BCUT2D eigenvalue weighted by atomic mass is 9.94. The fraction of sp³-hybridized carbons (Fsp3) is 0.207. The number of aliphatic carboxylic acids is 1. The van der Waals surface area contributed by atoms with Gasteiger partial charge in [0.1, 0.15) is 5.76 Å². The van der Waals surface area contributed by atoms with Gasteiger partial charge in [0.2, 0.25) is 0 Å². The molecule has 1 heterocycles. The third-order valence-corrected chi connectivity index (χ3v) is 6.57. The van der Waals surface area contributed by atoms with Crippen molar-refractivity contribution in [1.29, 1.82) is 0 Å². The van der Waals surface area contributed by atoms with Crippen LogP contribution in [0.5, 0.6) is 0 Å². The molecule has 1 atom stereocenters. The predicted octanol–water partition coefficient (Wildman–Crippen LogP) is 4.74. The lowest BCUT2D eigenvalue weighted by Gasteiger charge is -2.18. The molecule has 2 aliphatic rings. The number of carbonyl (C=O) groups is 5. The van der Waals surface area contributed by atoms with Gasteiger partial charge in [0.25, 0.3) is 11.8 Å². The second-order valence-corrected chi connectivity index (χ2v) is 9.37.